The number of methoxy groups -OCH3 is 2. The number of anilines is 2. The Balaban J connectivity index is 2.52. The summed E-state index contributed by atoms with van der Waals surface area (Å²) in [6, 6.07) is 3.52. The lowest BCUT2D eigenvalue weighted by atomic mass is 10.1. The Morgan fingerprint density at radius 3 is 2.38 bits per heavy atom. The highest BCUT2D eigenvalue weighted by atomic mass is 19.1. The zero-order chi connectivity index (χ0) is 21.8. The average molecular weight is 410 g/mol. The molecule has 158 valence electrons. The van der Waals surface area contributed by atoms with Gasteiger partial charge in [0, 0.05) is 0 Å². The van der Waals surface area contributed by atoms with Crippen molar-refractivity contribution in [2.24, 2.45) is 0 Å². The van der Waals surface area contributed by atoms with Crippen LogP contribution in [0.4, 0.5) is 20.6 Å². The van der Waals surface area contributed by atoms with Gasteiger partial charge in [-0.15, -0.1) is 0 Å². The molecule has 1 amide bonds. The van der Waals surface area contributed by atoms with Crippen LogP contribution in [0.15, 0.2) is 29.5 Å². The lowest BCUT2D eigenvalue weighted by molar-refractivity contribution is -0.140. The molecule has 1 aromatic carbocycles. The topological polar surface area (TPSA) is 103 Å². The van der Waals surface area contributed by atoms with E-state index in [0.717, 1.165) is 26.4 Å². The second-order valence-electron chi connectivity index (χ2n) is 7.00. The summed E-state index contributed by atoms with van der Waals surface area (Å²) >= 11 is 0. The average Bonchev–Trinajstić information content (AvgIpc) is 2.64. The maximum atomic E-state index is 13.9. The first-order chi connectivity index (χ1) is 13.6. The molecular formula is C19H23FN2O7. The minimum atomic E-state index is -0.820. The van der Waals surface area contributed by atoms with Crippen LogP contribution in [0.25, 0.3) is 0 Å². The minimum absolute atomic E-state index is 0.00960. The molecule has 9 nitrogen and oxygen atoms in total. The van der Waals surface area contributed by atoms with E-state index in [4.69, 9.17) is 18.9 Å². The van der Waals surface area contributed by atoms with Gasteiger partial charge in [-0.1, -0.05) is 0 Å². The fraction of sp³-hybridized carbons (Fsp3) is 0.421. The van der Waals surface area contributed by atoms with Gasteiger partial charge < -0.3 is 23.8 Å². The third-order valence-electron chi connectivity index (χ3n) is 3.72. The van der Waals surface area contributed by atoms with E-state index in [9.17, 15) is 18.8 Å². The van der Waals surface area contributed by atoms with Crippen molar-refractivity contribution in [3.05, 3.63) is 35.3 Å². The molecule has 1 aromatic rings. The Bertz CT molecular complexity index is 845. The van der Waals surface area contributed by atoms with Crippen molar-refractivity contribution in [1.29, 1.82) is 0 Å². The van der Waals surface area contributed by atoms with E-state index in [1.165, 1.54) is 11.0 Å². The number of esters is 2. The van der Waals surface area contributed by atoms with E-state index in [1.807, 2.05) is 0 Å². The molecule has 0 aromatic heterocycles. The molecule has 1 aliphatic heterocycles. The van der Waals surface area contributed by atoms with Gasteiger partial charge in [-0.05, 0) is 39.0 Å². The normalized spacial score (nSPS) is 14.3. The SMILES string of the molecule is COC(=O)C1=C(C(=O)OC)N(c2ccc(F)cc2NC(=O)OC(C)(C)C)COC1. The van der Waals surface area contributed by atoms with Crippen molar-refractivity contribution < 1.29 is 37.7 Å². The van der Waals surface area contributed by atoms with Gasteiger partial charge in [-0.25, -0.2) is 18.8 Å². The number of carbonyl (C=O) groups excluding carboxylic acids is 3. The van der Waals surface area contributed by atoms with Crippen molar-refractivity contribution in [1.82, 2.24) is 0 Å². The highest BCUT2D eigenvalue weighted by Crippen LogP contribution is 2.33. The molecule has 10 heteroatoms. The summed E-state index contributed by atoms with van der Waals surface area (Å²) in [5.74, 6) is -2.23. The van der Waals surface area contributed by atoms with Crippen LogP contribution in [0.3, 0.4) is 0 Å². The summed E-state index contributed by atoms with van der Waals surface area (Å²) in [6.45, 7) is 4.71. The number of carbonyl (C=O) groups is 3. The van der Waals surface area contributed by atoms with Gasteiger partial charge in [0.15, 0.2) is 0 Å². The van der Waals surface area contributed by atoms with Gasteiger partial charge in [-0.3, -0.25) is 5.32 Å². The highest BCUT2D eigenvalue weighted by Gasteiger charge is 2.33. The Hall–Kier alpha value is -3.14. The number of halogens is 1. The Morgan fingerprint density at radius 2 is 1.79 bits per heavy atom. The van der Waals surface area contributed by atoms with E-state index in [2.05, 4.69) is 5.32 Å². The molecule has 0 bridgehead atoms. The first-order valence-electron chi connectivity index (χ1n) is 8.62. The van der Waals surface area contributed by atoms with Crippen LogP contribution in [0.2, 0.25) is 0 Å². The van der Waals surface area contributed by atoms with Crippen LogP contribution in [-0.2, 0) is 28.5 Å². The van der Waals surface area contributed by atoms with E-state index >= 15 is 0 Å². The molecule has 1 N–H and O–H groups in total. The molecule has 1 heterocycles. The van der Waals surface area contributed by atoms with Crippen LogP contribution < -0.4 is 10.2 Å². The number of rotatable bonds is 4. The molecule has 0 spiro atoms. The summed E-state index contributed by atoms with van der Waals surface area (Å²) in [7, 11) is 2.32. The van der Waals surface area contributed by atoms with Crippen LogP contribution in [0.5, 0.6) is 0 Å². The second-order valence-corrected chi connectivity index (χ2v) is 7.00. The smallest absolute Gasteiger partial charge is 0.412 e. The van der Waals surface area contributed by atoms with E-state index in [-0.39, 0.29) is 36.0 Å². The van der Waals surface area contributed by atoms with Gasteiger partial charge in [-0.2, -0.15) is 0 Å². The first-order valence-corrected chi connectivity index (χ1v) is 8.62. The molecule has 0 atom stereocenters. The molecule has 0 saturated carbocycles. The fourth-order valence-electron chi connectivity index (χ4n) is 2.59. The summed E-state index contributed by atoms with van der Waals surface area (Å²) in [5.41, 5.74) is -0.780. The van der Waals surface area contributed by atoms with Gasteiger partial charge in [0.05, 0.1) is 37.8 Å². The summed E-state index contributed by atoms with van der Waals surface area (Å²) < 4.78 is 33.9. The molecular weight excluding hydrogens is 387 g/mol. The van der Waals surface area contributed by atoms with Crippen LogP contribution in [0.1, 0.15) is 20.8 Å². The molecule has 1 aliphatic rings. The predicted octanol–water partition coefficient (Wildman–Crippen LogP) is 2.57. The summed E-state index contributed by atoms with van der Waals surface area (Å²) in [6.07, 6.45) is -0.820. The number of nitrogens with one attached hydrogen (secondary N) is 1. The van der Waals surface area contributed by atoms with Gasteiger partial charge in [0.2, 0.25) is 0 Å². The van der Waals surface area contributed by atoms with E-state index in [1.54, 1.807) is 20.8 Å². The van der Waals surface area contributed by atoms with Crippen LogP contribution in [-0.4, -0.2) is 51.2 Å². The zero-order valence-corrected chi connectivity index (χ0v) is 16.8. The molecule has 29 heavy (non-hydrogen) atoms. The molecule has 0 saturated heterocycles. The largest absolute Gasteiger partial charge is 0.466 e. The second kappa shape index (κ2) is 8.91. The lowest BCUT2D eigenvalue weighted by Crippen LogP contribution is -2.39. The van der Waals surface area contributed by atoms with Gasteiger partial charge in [0.1, 0.15) is 23.8 Å². The number of nitrogens with zero attached hydrogens (tertiary/aromatic N) is 1. The summed E-state index contributed by atoms with van der Waals surface area (Å²) in [5, 5.41) is 2.45. The first kappa shape index (κ1) is 22.2. The molecule has 0 fully saturated rings. The molecule has 0 aliphatic carbocycles. The van der Waals surface area contributed by atoms with Crippen molar-refractivity contribution >= 4 is 29.4 Å². The van der Waals surface area contributed by atoms with Crippen molar-refractivity contribution in [2.75, 3.05) is 37.8 Å². The van der Waals surface area contributed by atoms with Crippen molar-refractivity contribution in [3.63, 3.8) is 0 Å². The number of hydrogen-bond acceptors (Lipinski definition) is 8. The number of hydrogen-bond donors (Lipinski definition) is 1. The molecule has 0 unspecified atom stereocenters. The highest BCUT2D eigenvalue weighted by molar-refractivity contribution is 6.04. The van der Waals surface area contributed by atoms with Gasteiger partial charge in [0.25, 0.3) is 0 Å². The Morgan fingerprint density at radius 1 is 1.14 bits per heavy atom. The van der Waals surface area contributed by atoms with E-state index < -0.39 is 29.5 Å². The number of amides is 1. The molecule has 0 radical (unpaired) electrons. The number of benzene rings is 1. The van der Waals surface area contributed by atoms with Crippen molar-refractivity contribution in [2.45, 2.75) is 26.4 Å². The quantitative estimate of drug-likeness (QED) is 0.597. The van der Waals surface area contributed by atoms with E-state index in [0.29, 0.717) is 0 Å². The Kier molecular flexibility index (Phi) is 6.80. The standard InChI is InChI=1S/C19H23FN2O7/c1-19(2,3)29-18(25)21-13-8-11(20)6-7-14(13)22-10-28-9-12(16(23)26-4)15(22)17(24)27-5/h6-8H,9-10H2,1-5H3,(H,21,25). The van der Waals surface area contributed by atoms with Crippen LogP contribution >= 0.6 is 0 Å². The lowest BCUT2D eigenvalue weighted by Gasteiger charge is -2.32. The summed E-state index contributed by atoms with van der Waals surface area (Å²) in [4.78, 5) is 38.0. The fourth-order valence-corrected chi connectivity index (χ4v) is 2.59. The molecule has 2 rings (SSSR count). The third kappa shape index (κ3) is 5.44. The van der Waals surface area contributed by atoms with Crippen molar-refractivity contribution in [3.8, 4) is 0 Å². The Labute approximate surface area is 167 Å². The zero-order valence-electron chi connectivity index (χ0n) is 16.8. The maximum Gasteiger partial charge on any atom is 0.412 e. The number of ether oxygens (including phenoxy) is 4. The van der Waals surface area contributed by atoms with Crippen LogP contribution in [0, 0.1) is 5.82 Å². The predicted molar refractivity (Wildman–Crippen MR) is 101 cm³/mol. The maximum absolute atomic E-state index is 13.9. The minimum Gasteiger partial charge on any atom is -0.466 e. The van der Waals surface area contributed by atoms with Gasteiger partial charge >= 0.3 is 18.0 Å². The monoisotopic (exact) mass is 410 g/mol. The third-order valence-corrected chi connectivity index (χ3v) is 3.72.